The van der Waals surface area contributed by atoms with Gasteiger partial charge in [-0.1, -0.05) is 66.7 Å². The van der Waals surface area contributed by atoms with Gasteiger partial charge in [-0.25, -0.2) is 0 Å². The molecule has 1 fully saturated rings. The first-order valence-corrected chi connectivity index (χ1v) is 15.3. The molecular formula is C35H41N5O3. The monoisotopic (exact) mass is 579 g/mol. The molecule has 224 valence electrons. The first kappa shape index (κ1) is 29.1. The van der Waals surface area contributed by atoms with Crippen LogP contribution in [0.2, 0.25) is 0 Å². The molecule has 2 amide bonds. The lowest BCUT2D eigenvalue weighted by atomic mass is 9.79. The largest absolute Gasteiger partial charge is 0.383 e. The molecule has 2 aliphatic rings. The Morgan fingerprint density at radius 1 is 0.884 bits per heavy atom. The van der Waals surface area contributed by atoms with Gasteiger partial charge in [0.05, 0.1) is 18.6 Å². The number of nitrogens with zero attached hydrogens (tertiary/aromatic N) is 3. The number of carbonyl (C=O) groups excluding carboxylic acids is 2. The number of ether oxygens (including phenoxy) is 1. The zero-order chi connectivity index (χ0) is 29.6. The van der Waals surface area contributed by atoms with E-state index in [0.29, 0.717) is 25.3 Å². The summed E-state index contributed by atoms with van der Waals surface area (Å²) < 4.78 is 5.39. The summed E-state index contributed by atoms with van der Waals surface area (Å²) in [6, 6.07) is 25.8. The molecule has 0 bridgehead atoms. The van der Waals surface area contributed by atoms with E-state index in [1.807, 2.05) is 53.6 Å². The van der Waals surface area contributed by atoms with Gasteiger partial charge < -0.3 is 24.8 Å². The van der Waals surface area contributed by atoms with Crippen molar-refractivity contribution in [2.45, 2.75) is 24.9 Å². The van der Waals surface area contributed by atoms with Crippen molar-refractivity contribution in [3.8, 4) is 0 Å². The van der Waals surface area contributed by atoms with E-state index in [1.54, 1.807) is 7.11 Å². The molecule has 0 radical (unpaired) electrons. The molecular weight excluding hydrogens is 538 g/mol. The third-order valence-electron chi connectivity index (χ3n) is 8.86. The summed E-state index contributed by atoms with van der Waals surface area (Å²) in [6.45, 7) is 7.50. The molecule has 1 saturated heterocycles. The summed E-state index contributed by atoms with van der Waals surface area (Å²) in [5.74, 6) is -0.657. The number of methoxy groups -OCH3 is 1. The lowest BCUT2D eigenvalue weighted by molar-refractivity contribution is -0.124. The van der Waals surface area contributed by atoms with Gasteiger partial charge in [0.15, 0.2) is 0 Å². The van der Waals surface area contributed by atoms with E-state index in [0.717, 1.165) is 67.7 Å². The summed E-state index contributed by atoms with van der Waals surface area (Å²) in [4.78, 5) is 38.1. The van der Waals surface area contributed by atoms with Gasteiger partial charge in [0.25, 0.3) is 5.91 Å². The number of aromatic amines is 1. The predicted octanol–water partition coefficient (Wildman–Crippen LogP) is 4.42. The van der Waals surface area contributed by atoms with Crippen molar-refractivity contribution in [3.05, 3.63) is 107 Å². The fourth-order valence-corrected chi connectivity index (χ4v) is 6.63. The molecule has 2 N–H and O–H groups in total. The van der Waals surface area contributed by atoms with Crippen molar-refractivity contribution >= 4 is 22.7 Å². The van der Waals surface area contributed by atoms with Crippen LogP contribution >= 0.6 is 0 Å². The van der Waals surface area contributed by atoms with Crippen LogP contribution in [0.5, 0.6) is 0 Å². The van der Waals surface area contributed by atoms with Crippen LogP contribution in [-0.4, -0.2) is 91.0 Å². The minimum absolute atomic E-state index is 0.0506. The van der Waals surface area contributed by atoms with E-state index in [2.05, 4.69) is 56.5 Å². The number of rotatable bonds is 11. The second-order valence-electron chi connectivity index (χ2n) is 11.5. The number of H-pyrrole nitrogens is 1. The van der Waals surface area contributed by atoms with Crippen molar-refractivity contribution in [2.75, 3.05) is 59.5 Å². The molecule has 3 aromatic carbocycles. The van der Waals surface area contributed by atoms with Crippen molar-refractivity contribution < 1.29 is 14.3 Å². The van der Waals surface area contributed by atoms with Crippen LogP contribution in [0, 0.1) is 0 Å². The Morgan fingerprint density at radius 3 is 2.42 bits per heavy atom. The average Bonchev–Trinajstić information content (AvgIpc) is 3.47. The highest BCUT2D eigenvalue weighted by Crippen LogP contribution is 2.44. The van der Waals surface area contributed by atoms with Gasteiger partial charge in [-0.3, -0.25) is 14.5 Å². The highest BCUT2D eigenvalue weighted by Gasteiger charge is 2.44. The maximum atomic E-state index is 14.1. The topological polar surface area (TPSA) is 80.9 Å². The highest BCUT2D eigenvalue weighted by molar-refractivity contribution is 6.02. The van der Waals surface area contributed by atoms with E-state index >= 15 is 0 Å². The number of nitrogens with one attached hydrogen (secondary N) is 2. The van der Waals surface area contributed by atoms with Crippen molar-refractivity contribution in [3.63, 3.8) is 0 Å². The van der Waals surface area contributed by atoms with Gasteiger partial charge in [0.2, 0.25) is 5.91 Å². The number of hydrogen-bond donors (Lipinski definition) is 2. The van der Waals surface area contributed by atoms with Crippen molar-refractivity contribution in [1.82, 2.24) is 25.0 Å². The Labute approximate surface area is 253 Å². The number of amides is 2. The molecule has 6 rings (SSSR count). The maximum absolute atomic E-state index is 14.1. The van der Waals surface area contributed by atoms with Crippen LogP contribution in [0.4, 0.5) is 0 Å². The second-order valence-corrected chi connectivity index (χ2v) is 11.5. The van der Waals surface area contributed by atoms with Gasteiger partial charge in [-0.2, -0.15) is 0 Å². The van der Waals surface area contributed by atoms with Crippen LogP contribution in [0.1, 0.15) is 45.4 Å². The van der Waals surface area contributed by atoms with E-state index in [4.69, 9.17) is 4.74 Å². The molecule has 1 aromatic heterocycles. The molecule has 8 nitrogen and oxygen atoms in total. The van der Waals surface area contributed by atoms with Crippen LogP contribution in [0.25, 0.3) is 10.9 Å². The van der Waals surface area contributed by atoms with E-state index < -0.39 is 12.0 Å². The number of fused-ring (bicyclic) bond motifs is 2. The second kappa shape index (κ2) is 13.5. The zero-order valence-corrected chi connectivity index (χ0v) is 24.9. The Balaban J connectivity index is 1.14. The Bertz CT molecular complexity index is 1530. The quantitative estimate of drug-likeness (QED) is 0.257. The zero-order valence-electron chi connectivity index (χ0n) is 24.9. The molecule has 0 unspecified atom stereocenters. The Morgan fingerprint density at radius 2 is 1.60 bits per heavy atom. The predicted molar refractivity (Wildman–Crippen MR) is 169 cm³/mol. The van der Waals surface area contributed by atoms with Crippen LogP contribution in [0.3, 0.4) is 0 Å². The molecule has 3 heterocycles. The average molecular weight is 580 g/mol. The summed E-state index contributed by atoms with van der Waals surface area (Å²) in [5, 5.41) is 4.27. The number of benzene rings is 3. The first-order valence-electron chi connectivity index (χ1n) is 15.3. The molecule has 8 heteroatoms. The van der Waals surface area contributed by atoms with E-state index in [9.17, 15) is 9.59 Å². The van der Waals surface area contributed by atoms with E-state index in [-0.39, 0.29) is 11.8 Å². The van der Waals surface area contributed by atoms with Gasteiger partial charge in [0, 0.05) is 81.1 Å². The van der Waals surface area contributed by atoms with Gasteiger partial charge in [-0.05, 0) is 36.2 Å². The van der Waals surface area contributed by atoms with Gasteiger partial charge in [0.1, 0.15) is 0 Å². The summed E-state index contributed by atoms with van der Waals surface area (Å²) in [7, 11) is 1.64. The fraction of sp³-hybridized carbons (Fsp3) is 0.371. The van der Waals surface area contributed by atoms with Crippen LogP contribution in [-0.2, 0) is 16.1 Å². The number of hydrogen-bond acceptors (Lipinski definition) is 5. The maximum Gasteiger partial charge on any atom is 0.254 e. The Hall–Kier alpha value is -3.98. The van der Waals surface area contributed by atoms with E-state index in [1.165, 1.54) is 5.56 Å². The molecule has 4 aromatic rings. The standard InChI is InChI=1S/C35H41N5O3/c1-43-23-22-40-33(30-24-37-31-15-8-7-12-27(30)31)32(28-13-5-6-14-29(28)35(40)42)34(41)36-16-9-17-38-18-20-39(21-19-38)25-26-10-3-2-4-11-26/h2-8,10-15,24,32-33,37H,9,16-23,25H2,1H3,(H,36,41)/t32-,33+/m0/s1. The van der Waals surface area contributed by atoms with Crippen molar-refractivity contribution in [2.24, 2.45) is 0 Å². The number of aromatic nitrogens is 1. The minimum atomic E-state index is -0.536. The number of para-hydroxylation sites is 1. The number of piperazine rings is 1. The van der Waals surface area contributed by atoms with Gasteiger partial charge >= 0.3 is 0 Å². The number of carbonyl (C=O) groups is 2. The lowest BCUT2D eigenvalue weighted by Crippen LogP contribution is -2.49. The third-order valence-corrected chi connectivity index (χ3v) is 8.86. The van der Waals surface area contributed by atoms with Crippen LogP contribution in [0.15, 0.2) is 85.1 Å². The normalized spacial score (nSPS) is 19.5. The smallest absolute Gasteiger partial charge is 0.254 e. The molecule has 0 spiro atoms. The molecule has 0 saturated carbocycles. The summed E-state index contributed by atoms with van der Waals surface area (Å²) in [5.41, 5.74) is 4.66. The van der Waals surface area contributed by atoms with Crippen LogP contribution < -0.4 is 5.32 Å². The third kappa shape index (κ3) is 6.37. The SMILES string of the molecule is COCCN1C(=O)c2ccccc2[C@H](C(=O)NCCCN2CCN(Cc3ccccc3)CC2)[C@H]1c1c[nH]c2ccccc12. The molecule has 2 aliphatic heterocycles. The summed E-state index contributed by atoms with van der Waals surface area (Å²) in [6.07, 6.45) is 2.83. The Kier molecular flexibility index (Phi) is 9.17. The first-order chi connectivity index (χ1) is 21.1. The lowest BCUT2D eigenvalue weighted by Gasteiger charge is -2.41. The molecule has 43 heavy (non-hydrogen) atoms. The van der Waals surface area contributed by atoms with Crippen molar-refractivity contribution in [1.29, 1.82) is 0 Å². The van der Waals surface area contributed by atoms with Gasteiger partial charge in [-0.15, -0.1) is 0 Å². The molecule has 2 atom stereocenters. The minimum Gasteiger partial charge on any atom is -0.383 e. The molecule has 0 aliphatic carbocycles. The fourth-order valence-electron chi connectivity index (χ4n) is 6.63. The summed E-state index contributed by atoms with van der Waals surface area (Å²) >= 11 is 0. The highest BCUT2D eigenvalue weighted by atomic mass is 16.5.